The lowest BCUT2D eigenvalue weighted by atomic mass is 10.2. The van der Waals surface area contributed by atoms with Gasteiger partial charge >= 0.3 is 5.97 Å². The molecule has 3 aromatic rings. The second-order valence-electron chi connectivity index (χ2n) is 5.87. The molecule has 3 rings (SSSR count). The van der Waals surface area contributed by atoms with Crippen molar-refractivity contribution in [2.75, 3.05) is 0 Å². The van der Waals surface area contributed by atoms with E-state index in [1.54, 1.807) is 19.1 Å². The number of carboxylic acid groups (broad SMARTS) is 1. The normalized spacial score (nSPS) is 12.0. The van der Waals surface area contributed by atoms with Crippen LogP contribution in [-0.4, -0.2) is 31.1 Å². The zero-order valence-electron chi connectivity index (χ0n) is 14.8. The predicted molar refractivity (Wildman–Crippen MR) is 105 cm³/mol. The number of hydrogen-bond donors (Lipinski definition) is 1. The van der Waals surface area contributed by atoms with Crippen LogP contribution in [0.3, 0.4) is 0 Å². The zero-order valence-corrected chi connectivity index (χ0v) is 16.4. The number of thioether (sulfide) groups is 1. The first-order valence-corrected chi connectivity index (χ1v) is 9.49. The van der Waals surface area contributed by atoms with E-state index >= 15 is 0 Å². The number of aliphatic carboxylic acids is 1. The molecular formula is C19H18ClN3O3S. The van der Waals surface area contributed by atoms with Crippen molar-refractivity contribution in [3.05, 3.63) is 64.9 Å². The summed E-state index contributed by atoms with van der Waals surface area (Å²) < 4.78 is 7.66. The van der Waals surface area contributed by atoms with Gasteiger partial charge in [0, 0.05) is 10.7 Å². The first kappa shape index (κ1) is 19.3. The van der Waals surface area contributed by atoms with Crippen molar-refractivity contribution in [2.45, 2.75) is 30.9 Å². The third-order valence-electron chi connectivity index (χ3n) is 3.84. The average molecular weight is 404 g/mol. The van der Waals surface area contributed by atoms with Crippen molar-refractivity contribution >= 4 is 29.3 Å². The standard InChI is InChI=1S/C19H18ClN3O3S/c1-12-10-15(8-9-16(12)20)26-11-17-21-22-19(27-13(2)18(24)25)23(17)14-6-4-3-5-7-14/h3-10,13H,11H2,1-2H3,(H,24,25)/t13-/m0/s1. The van der Waals surface area contributed by atoms with Crippen molar-refractivity contribution in [3.63, 3.8) is 0 Å². The lowest BCUT2D eigenvalue weighted by Gasteiger charge is -2.12. The molecule has 140 valence electrons. The van der Waals surface area contributed by atoms with Gasteiger partial charge in [0.2, 0.25) is 0 Å². The molecule has 2 aromatic carbocycles. The number of rotatable bonds is 7. The maximum atomic E-state index is 11.2. The highest BCUT2D eigenvalue weighted by atomic mass is 35.5. The van der Waals surface area contributed by atoms with Gasteiger partial charge in [-0.15, -0.1) is 10.2 Å². The van der Waals surface area contributed by atoms with E-state index in [-0.39, 0.29) is 6.61 Å². The topological polar surface area (TPSA) is 77.2 Å². The van der Waals surface area contributed by atoms with E-state index in [2.05, 4.69) is 10.2 Å². The van der Waals surface area contributed by atoms with Gasteiger partial charge in [-0.25, -0.2) is 0 Å². The second-order valence-corrected chi connectivity index (χ2v) is 7.58. The van der Waals surface area contributed by atoms with E-state index < -0.39 is 11.2 Å². The fourth-order valence-electron chi connectivity index (χ4n) is 2.37. The van der Waals surface area contributed by atoms with Crippen LogP contribution < -0.4 is 4.74 Å². The van der Waals surface area contributed by atoms with E-state index in [1.165, 1.54) is 0 Å². The summed E-state index contributed by atoms with van der Waals surface area (Å²) in [5.41, 5.74) is 1.76. The Kier molecular flexibility index (Phi) is 6.03. The number of carbonyl (C=O) groups is 1. The number of ether oxygens (including phenoxy) is 1. The predicted octanol–water partition coefficient (Wildman–Crippen LogP) is 4.37. The lowest BCUT2D eigenvalue weighted by Crippen LogP contribution is -2.13. The molecule has 0 aliphatic rings. The summed E-state index contributed by atoms with van der Waals surface area (Å²) >= 11 is 7.18. The van der Waals surface area contributed by atoms with Gasteiger partial charge in [0.25, 0.3) is 0 Å². The molecule has 8 heteroatoms. The van der Waals surface area contributed by atoms with Crippen LogP contribution in [0.1, 0.15) is 18.3 Å². The summed E-state index contributed by atoms with van der Waals surface area (Å²) in [7, 11) is 0. The molecule has 0 radical (unpaired) electrons. The Morgan fingerprint density at radius 3 is 2.67 bits per heavy atom. The van der Waals surface area contributed by atoms with E-state index in [0.29, 0.717) is 21.8 Å². The van der Waals surface area contributed by atoms with Gasteiger partial charge in [0.15, 0.2) is 11.0 Å². The maximum Gasteiger partial charge on any atom is 0.316 e. The summed E-state index contributed by atoms with van der Waals surface area (Å²) in [6.07, 6.45) is 0. The minimum Gasteiger partial charge on any atom is -0.486 e. The van der Waals surface area contributed by atoms with E-state index in [0.717, 1.165) is 23.0 Å². The average Bonchev–Trinajstić information content (AvgIpc) is 3.05. The Hall–Kier alpha value is -2.51. The smallest absolute Gasteiger partial charge is 0.316 e. The number of halogens is 1. The van der Waals surface area contributed by atoms with E-state index in [9.17, 15) is 9.90 Å². The highest BCUT2D eigenvalue weighted by molar-refractivity contribution is 8.00. The molecule has 0 amide bonds. The van der Waals surface area contributed by atoms with Crippen LogP contribution in [0.4, 0.5) is 0 Å². The number of nitrogens with zero attached hydrogens (tertiary/aromatic N) is 3. The van der Waals surface area contributed by atoms with Crippen molar-refractivity contribution in [1.82, 2.24) is 14.8 Å². The first-order chi connectivity index (χ1) is 13.0. The van der Waals surface area contributed by atoms with Crippen molar-refractivity contribution in [1.29, 1.82) is 0 Å². The molecule has 0 aliphatic carbocycles. The Morgan fingerprint density at radius 2 is 2.00 bits per heavy atom. The number of hydrogen-bond acceptors (Lipinski definition) is 5. The van der Waals surface area contributed by atoms with Crippen molar-refractivity contribution < 1.29 is 14.6 Å². The molecule has 0 saturated carbocycles. The molecule has 6 nitrogen and oxygen atoms in total. The van der Waals surface area contributed by atoms with Crippen LogP contribution in [0.2, 0.25) is 5.02 Å². The summed E-state index contributed by atoms with van der Waals surface area (Å²) in [5.74, 6) is 0.346. The number of aromatic nitrogens is 3. The van der Waals surface area contributed by atoms with E-state index in [1.807, 2.05) is 47.9 Å². The number of para-hydroxylation sites is 1. The molecule has 0 fully saturated rings. The lowest BCUT2D eigenvalue weighted by molar-refractivity contribution is -0.136. The molecule has 0 unspecified atom stereocenters. The fourth-order valence-corrected chi connectivity index (χ4v) is 3.31. The van der Waals surface area contributed by atoms with Gasteiger partial charge in [0.1, 0.15) is 17.6 Å². The van der Waals surface area contributed by atoms with Crippen LogP contribution in [0.5, 0.6) is 5.75 Å². The van der Waals surface area contributed by atoms with Gasteiger partial charge in [-0.2, -0.15) is 0 Å². The van der Waals surface area contributed by atoms with Crippen LogP contribution in [0.15, 0.2) is 53.7 Å². The zero-order chi connectivity index (χ0) is 19.4. The maximum absolute atomic E-state index is 11.2. The molecule has 1 atom stereocenters. The molecule has 0 aliphatic heterocycles. The molecule has 1 N–H and O–H groups in total. The Balaban J connectivity index is 1.89. The second kappa shape index (κ2) is 8.45. The third kappa shape index (κ3) is 4.61. The van der Waals surface area contributed by atoms with Gasteiger partial charge in [0.05, 0.1) is 0 Å². The van der Waals surface area contributed by atoms with Gasteiger partial charge in [-0.05, 0) is 49.7 Å². The number of carboxylic acids is 1. The quantitative estimate of drug-likeness (QED) is 0.590. The van der Waals surface area contributed by atoms with Crippen LogP contribution >= 0.6 is 23.4 Å². The highest BCUT2D eigenvalue weighted by Gasteiger charge is 2.20. The van der Waals surface area contributed by atoms with Crippen LogP contribution in [0.25, 0.3) is 5.69 Å². The molecule has 1 aromatic heterocycles. The Bertz CT molecular complexity index is 947. The molecule has 0 saturated heterocycles. The van der Waals surface area contributed by atoms with Gasteiger partial charge < -0.3 is 9.84 Å². The molecule has 27 heavy (non-hydrogen) atoms. The van der Waals surface area contributed by atoms with Crippen LogP contribution in [0, 0.1) is 6.92 Å². The van der Waals surface area contributed by atoms with Crippen molar-refractivity contribution in [2.24, 2.45) is 0 Å². The molecular weight excluding hydrogens is 386 g/mol. The fraction of sp³-hybridized carbons (Fsp3) is 0.211. The monoisotopic (exact) mass is 403 g/mol. The number of benzene rings is 2. The third-order valence-corrected chi connectivity index (χ3v) is 5.30. The largest absolute Gasteiger partial charge is 0.486 e. The minimum absolute atomic E-state index is 0.185. The summed E-state index contributed by atoms with van der Waals surface area (Å²) in [5, 5.41) is 18.1. The molecule has 1 heterocycles. The van der Waals surface area contributed by atoms with E-state index in [4.69, 9.17) is 16.3 Å². The van der Waals surface area contributed by atoms with Crippen LogP contribution in [-0.2, 0) is 11.4 Å². The summed E-state index contributed by atoms with van der Waals surface area (Å²) in [6, 6.07) is 15.0. The van der Waals surface area contributed by atoms with Gasteiger partial charge in [-0.1, -0.05) is 41.6 Å². The Morgan fingerprint density at radius 1 is 1.26 bits per heavy atom. The summed E-state index contributed by atoms with van der Waals surface area (Å²) in [6.45, 7) is 3.71. The minimum atomic E-state index is -0.906. The summed E-state index contributed by atoms with van der Waals surface area (Å²) in [4.78, 5) is 11.2. The first-order valence-electron chi connectivity index (χ1n) is 8.24. The van der Waals surface area contributed by atoms with Crippen molar-refractivity contribution in [3.8, 4) is 11.4 Å². The molecule has 0 spiro atoms. The molecule has 0 bridgehead atoms. The van der Waals surface area contributed by atoms with Gasteiger partial charge in [-0.3, -0.25) is 9.36 Å². The Labute approximate surface area is 166 Å². The number of aryl methyl sites for hydroxylation is 1. The SMILES string of the molecule is Cc1cc(OCc2nnc(S[C@@H](C)C(=O)O)n2-c2ccccc2)ccc1Cl. The highest BCUT2D eigenvalue weighted by Crippen LogP contribution is 2.27.